The predicted molar refractivity (Wildman–Crippen MR) is 29.1 cm³/mol. The smallest absolute Gasteiger partial charge is 0.265 e. The molecule has 48 valence electrons. The summed E-state index contributed by atoms with van der Waals surface area (Å²) < 4.78 is -2.03. The van der Waals surface area contributed by atoms with Crippen LogP contribution in [0.4, 0.5) is 0 Å². The third kappa shape index (κ3) is 2.57. The van der Waals surface area contributed by atoms with Gasteiger partial charge in [-0.05, 0) is 0 Å². The Balaban J connectivity index is 3.82. The zero-order chi connectivity index (χ0) is 6.78. The molecule has 3 nitrogen and oxygen atoms in total. The minimum Gasteiger partial charge on any atom is -0.663 e. The van der Waals surface area contributed by atoms with Crippen LogP contribution >= 0.6 is 34.8 Å². The summed E-state index contributed by atoms with van der Waals surface area (Å²) in [4.78, 5) is 3.05. The molecule has 8 heavy (non-hydrogen) atoms. The highest BCUT2D eigenvalue weighted by atomic mass is 35.6. The lowest BCUT2D eigenvalue weighted by Gasteiger charge is -2.14. The number of rotatable bonds is 0. The Morgan fingerprint density at radius 1 is 1.50 bits per heavy atom. The SMILES string of the molecule is N=C(O[O-])C(Cl)(Cl)Cl. The van der Waals surface area contributed by atoms with Crippen molar-refractivity contribution in [3.8, 4) is 0 Å². The van der Waals surface area contributed by atoms with E-state index in [1.807, 2.05) is 0 Å². The molecule has 6 heteroatoms. The van der Waals surface area contributed by atoms with Crippen molar-refractivity contribution in [3.05, 3.63) is 0 Å². The molecule has 0 heterocycles. The summed E-state index contributed by atoms with van der Waals surface area (Å²) in [5, 5.41) is 15.8. The minimum atomic E-state index is -2.03. The minimum absolute atomic E-state index is 0.928. The van der Waals surface area contributed by atoms with Crippen LogP contribution in [-0.4, -0.2) is 9.69 Å². The Morgan fingerprint density at radius 2 is 1.88 bits per heavy atom. The molecule has 0 aromatic rings. The van der Waals surface area contributed by atoms with Crippen LogP contribution in [0.25, 0.3) is 0 Å². The van der Waals surface area contributed by atoms with Gasteiger partial charge in [-0.25, -0.2) is 0 Å². The maximum atomic E-state index is 9.30. The lowest BCUT2D eigenvalue weighted by atomic mass is 10.8. The monoisotopic (exact) mass is 176 g/mol. The topological polar surface area (TPSA) is 56.1 Å². The highest BCUT2D eigenvalue weighted by Crippen LogP contribution is 2.26. The van der Waals surface area contributed by atoms with Gasteiger partial charge in [-0.3, -0.25) is 5.41 Å². The van der Waals surface area contributed by atoms with Gasteiger partial charge in [-0.15, -0.1) is 0 Å². The van der Waals surface area contributed by atoms with Gasteiger partial charge in [-0.1, -0.05) is 34.8 Å². The largest absolute Gasteiger partial charge is 0.663 e. The average molecular weight is 177 g/mol. The van der Waals surface area contributed by atoms with Gasteiger partial charge in [-0.2, -0.15) is 0 Å². The molecular formula is C2HCl3NO2-. The van der Waals surface area contributed by atoms with Crippen LogP contribution in [0.1, 0.15) is 0 Å². The van der Waals surface area contributed by atoms with Gasteiger partial charge in [0.25, 0.3) is 3.79 Å². The van der Waals surface area contributed by atoms with Crippen LogP contribution in [-0.2, 0) is 4.89 Å². The van der Waals surface area contributed by atoms with Gasteiger partial charge < -0.3 is 10.1 Å². The van der Waals surface area contributed by atoms with E-state index < -0.39 is 9.69 Å². The van der Waals surface area contributed by atoms with Crippen molar-refractivity contribution in [1.82, 2.24) is 0 Å². The second-order valence-corrected chi connectivity index (χ2v) is 3.19. The Bertz CT molecular complexity index is 97.9. The zero-order valence-electron chi connectivity index (χ0n) is 3.45. The van der Waals surface area contributed by atoms with Gasteiger partial charge in [0.15, 0.2) is 0 Å². The molecule has 0 saturated heterocycles. The first-order valence-corrected chi connectivity index (χ1v) is 2.57. The van der Waals surface area contributed by atoms with Crippen LogP contribution in [0.5, 0.6) is 0 Å². The second-order valence-electron chi connectivity index (χ2n) is 0.910. The summed E-state index contributed by atoms with van der Waals surface area (Å²) in [6, 6.07) is 0. The Labute approximate surface area is 60.5 Å². The second kappa shape index (κ2) is 2.73. The molecule has 0 rings (SSSR count). The molecular weight excluding hydrogens is 176 g/mol. The number of halogens is 3. The fourth-order valence-electron chi connectivity index (χ4n) is 0.0472. The summed E-state index contributed by atoms with van der Waals surface area (Å²) in [5.41, 5.74) is 0. The molecule has 1 N–H and O–H groups in total. The number of hydrogen-bond acceptors (Lipinski definition) is 3. The van der Waals surface area contributed by atoms with E-state index in [4.69, 9.17) is 40.2 Å². The van der Waals surface area contributed by atoms with Crippen molar-refractivity contribution < 1.29 is 10.1 Å². The Kier molecular flexibility index (Phi) is 2.83. The molecule has 0 spiro atoms. The highest BCUT2D eigenvalue weighted by molar-refractivity contribution is 6.75. The van der Waals surface area contributed by atoms with E-state index in [9.17, 15) is 5.26 Å². The molecule has 0 radical (unpaired) electrons. The van der Waals surface area contributed by atoms with Crippen molar-refractivity contribution in [3.63, 3.8) is 0 Å². The van der Waals surface area contributed by atoms with Crippen LogP contribution in [0.3, 0.4) is 0 Å². The van der Waals surface area contributed by atoms with E-state index in [0.29, 0.717) is 0 Å². The lowest BCUT2D eigenvalue weighted by molar-refractivity contribution is -0.650. The standard InChI is InChI=1S/C2H2Cl3NO2/c3-2(4,5)1(6)8-7/h6-7H/p-1. The normalized spacial score (nSPS) is 11.0. The molecule has 0 aliphatic rings. The highest BCUT2D eigenvalue weighted by Gasteiger charge is 2.26. The molecule has 0 amide bonds. The van der Waals surface area contributed by atoms with Gasteiger partial charge in [0.1, 0.15) is 0 Å². The molecule has 0 saturated carbocycles. The van der Waals surface area contributed by atoms with E-state index in [0.717, 1.165) is 0 Å². The summed E-state index contributed by atoms with van der Waals surface area (Å²) in [6.07, 6.45) is 0. The molecule has 0 aromatic carbocycles. The summed E-state index contributed by atoms with van der Waals surface area (Å²) >= 11 is 14.9. The molecule has 0 fully saturated rings. The van der Waals surface area contributed by atoms with Crippen molar-refractivity contribution >= 4 is 40.7 Å². The zero-order valence-corrected chi connectivity index (χ0v) is 5.72. The molecule has 0 unspecified atom stereocenters. The van der Waals surface area contributed by atoms with E-state index in [1.165, 1.54) is 0 Å². The van der Waals surface area contributed by atoms with Gasteiger partial charge in [0.2, 0.25) is 5.90 Å². The summed E-state index contributed by atoms with van der Waals surface area (Å²) in [7, 11) is 0. The maximum absolute atomic E-state index is 9.30. The van der Waals surface area contributed by atoms with Crippen LogP contribution in [0.15, 0.2) is 0 Å². The summed E-state index contributed by atoms with van der Waals surface area (Å²) in [6.45, 7) is 0. The van der Waals surface area contributed by atoms with E-state index in [1.54, 1.807) is 0 Å². The first kappa shape index (κ1) is 8.30. The van der Waals surface area contributed by atoms with Gasteiger partial charge >= 0.3 is 0 Å². The molecule has 0 aliphatic carbocycles. The van der Waals surface area contributed by atoms with E-state index >= 15 is 0 Å². The van der Waals surface area contributed by atoms with Crippen molar-refractivity contribution in [2.24, 2.45) is 0 Å². The summed E-state index contributed by atoms with van der Waals surface area (Å²) in [5.74, 6) is -0.928. The average Bonchev–Trinajstić information content (AvgIpc) is 1.62. The van der Waals surface area contributed by atoms with Crippen LogP contribution in [0.2, 0.25) is 0 Å². The Morgan fingerprint density at radius 3 is 1.88 bits per heavy atom. The molecule has 0 atom stereocenters. The fourth-order valence-corrected chi connectivity index (χ4v) is 0.142. The number of hydrogen-bond donors (Lipinski definition) is 1. The van der Waals surface area contributed by atoms with Crippen molar-refractivity contribution in [1.29, 1.82) is 5.41 Å². The maximum Gasteiger partial charge on any atom is 0.265 e. The predicted octanol–water partition coefficient (Wildman–Crippen LogP) is 0.626. The number of nitrogens with one attached hydrogen (secondary N) is 1. The molecule has 0 aromatic heterocycles. The van der Waals surface area contributed by atoms with E-state index in [-0.39, 0.29) is 0 Å². The van der Waals surface area contributed by atoms with Crippen LogP contribution < -0.4 is 5.26 Å². The third-order valence-corrected chi connectivity index (χ3v) is 0.856. The number of alkyl halides is 3. The molecule has 0 bridgehead atoms. The fraction of sp³-hybridized carbons (Fsp3) is 0.500. The van der Waals surface area contributed by atoms with Gasteiger partial charge in [0, 0.05) is 0 Å². The van der Waals surface area contributed by atoms with Crippen LogP contribution in [0, 0.1) is 5.41 Å². The van der Waals surface area contributed by atoms with Gasteiger partial charge in [0.05, 0.1) is 0 Å². The first-order valence-electron chi connectivity index (χ1n) is 1.44. The molecule has 0 aliphatic heterocycles. The quantitative estimate of drug-likeness (QED) is 0.194. The van der Waals surface area contributed by atoms with Crippen molar-refractivity contribution in [2.45, 2.75) is 3.79 Å². The van der Waals surface area contributed by atoms with Crippen molar-refractivity contribution in [2.75, 3.05) is 0 Å². The Hall–Kier alpha value is 0.300. The lowest BCUT2D eigenvalue weighted by Crippen LogP contribution is -2.26. The third-order valence-electron chi connectivity index (χ3n) is 0.341. The first-order chi connectivity index (χ1) is 3.48. The van der Waals surface area contributed by atoms with E-state index in [2.05, 4.69) is 4.89 Å².